The van der Waals surface area contributed by atoms with E-state index in [0.29, 0.717) is 12.8 Å². The molecule has 0 spiro atoms. The number of nitrogens with one attached hydrogen (secondary N) is 1. The molecule has 5 nitrogen and oxygen atoms in total. The molecule has 3 unspecified atom stereocenters. The summed E-state index contributed by atoms with van der Waals surface area (Å²) < 4.78 is 4.60. The number of aliphatic hydroxyl groups excluding tert-OH is 1. The Bertz CT molecular complexity index is 185. The first-order valence-electron chi connectivity index (χ1n) is 4.33. The lowest BCUT2D eigenvalue weighted by Crippen LogP contribution is -2.38. The Morgan fingerprint density at radius 2 is 2.31 bits per heavy atom. The summed E-state index contributed by atoms with van der Waals surface area (Å²) in [7, 11) is 1.39. The first kappa shape index (κ1) is 10.4. The number of methoxy groups -OCH3 is 1. The van der Waals surface area contributed by atoms with Gasteiger partial charge >= 0.3 is 5.97 Å². The second-order valence-corrected chi connectivity index (χ2v) is 3.30. The van der Waals surface area contributed by atoms with Crippen molar-refractivity contribution in [3.63, 3.8) is 0 Å². The number of carboxylic acid groups (broad SMARTS) is 1. The van der Waals surface area contributed by atoms with Crippen molar-refractivity contribution < 1.29 is 19.7 Å². The van der Waals surface area contributed by atoms with Crippen LogP contribution in [0, 0.1) is 5.92 Å². The summed E-state index contributed by atoms with van der Waals surface area (Å²) in [5.74, 6) is -1.03. The van der Waals surface area contributed by atoms with E-state index in [-0.39, 0.29) is 12.0 Å². The molecule has 5 heteroatoms. The first-order valence-corrected chi connectivity index (χ1v) is 4.33. The van der Waals surface area contributed by atoms with Gasteiger partial charge in [-0.2, -0.15) is 0 Å². The molecule has 13 heavy (non-hydrogen) atoms. The second kappa shape index (κ2) is 4.55. The number of carbonyl (C=O) groups is 1. The molecule has 76 valence electrons. The third kappa shape index (κ3) is 2.95. The quantitative estimate of drug-likeness (QED) is 0.531. The summed E-state index contributed by atoms with van der Waals surface area (Å²) >= 11 is 0. The topological polar surface area (TPSA) is 78.8 Å². The molecule has 1 aliphatic carbocycles. The molecule has 3 atom stereocenters. The van der Waals surface area contributed by atoms with Crippen molar-refractivity contribution in [1.82, 2.24) is 5.32 Å². The largest absolute Gasteiger partial charge is 0.481 e. The van der Waals surface area contributed by atoms with E-state index in [4.69, 9.17) is 10.2 Å². The predicted molar refractivity (Wildman–Crippen MR) is 44.9 cm³/mol. The molecule has 0 saturated heterocycles. The minimum absolute atomic E-state index is 0.0519. The fourth-order valence-electron chi connectivity index (χ4n) is 1.63. The van der Waals surface area contributed by atoms with Crippen LogP contribution in [0.5, 0.6) is 0 Å². The van der Waals surface area contributed by atoms with Crippen LogP contribution >= 0.6 is 0 Å². The first-order chi connectivity index (χ1) is 6.13. The molecule has 0 radical (unpaired) electrons. The summed E-state index contributed by atoms with van der Waals surface area (Å²) in [6, 6.07) is 0.0519. The van der Waals surface area contributed by atoms with E-state index in [1.54, 1.807) is 0 Å². The van der Waals surface area contributed by atoms with E-state index in [9.17, 15) is 4.79 Å². The summed E-state index contributed by atoms with van der Waals surface area (Å²) in [4.78, 5) is 10.6. The number of carboxylic acids is 1. The highest BCUT2D eigenvalue weighted by Gasteiger charge is 2.30. The average Bonchev–Trinajstić information content (AvgIpc) is 2.52. The molecular formula is C8H15NO4. The van der Waals surface area contributed by atoms with Gasteiger partial charge in [0.2, 0.25) is 6.41 Å². The lowest BCUT2D eigenvalue weighted by Gasteiger charge is -2.16. The molecule has 0 aliphatic heterocycles. The number of hydrogen-bond acceptors (Lipinski definition) is 4. The average molecular weight is 189 g/mol. The molecule has 1 saturated carbocycles. The third-order valence-corrected chi connectivity index (χ3v) is 2.38. The minimum Gasteiger partial charge on any atom is -0.481 e. The van der Waals surface area contributed by atoms with Gasteiger partial charge in [0.1, 0.15) is 0 Å². The molecule has 0 aromatic rings. The number of ether oxygens (including phenoxy) is 1. The van der Waals surface area contributed by atoms with Gasteiger partial charge in [-0.15, -0.1) is 0 Å². The van der Waals surface area contributed by atoms with E-state index in [1.165, 1.54) is 7.11 Å². The van der Waals surface area contributed by atoms with E-state index in [1.807, 2.05) is 0 Å². The smallest absolute Gasteiger partial charge is 0.306 e. The highest BCUT2D eigenvalue weighted by atomic mass is 16.6. The van der Waals surface area contributed by atoms with Crippen molar-refractivity contribution in [1.29, 1.82) is 0 Å². The van der Waals surface area contributed by atoms with Crippen LogP contribution in [0.4, 0.5) is 0 Å². The zero-order valence-corrected chi connectivity index (χ0v) is 7.56. The van der Waals surface area contributed by atoms with Gasteiger partial charge in [-0.1, -0.05) is 0 Å². The normalized spacial score (nSPS) is 30.3. The van der Waals surface area contributed by atoms with Crippen LogP contribution in [0.25, 0.3) is 0 Å². The van der Waals surface area contributed by atoms with Crippen molar-refractivity contribution in [3.8, 4) is 0 Å². The summed E-state index contributed by atoms with van der Waals surface area (Å²) in [6.45, 7) is 0. The van der Waals surface area contributed by atoms with Gasteiger partial charge in [-0.25, -0.2) is 0 Å². The third-order valence-electron chi connectivity index (χ3n) is 2.38. The predicted octanol–water partition coefficient (Wildman–Crippen LogP) is -0.248. The Kier molecular flexibility index (Phi) is 3.65. The highest BCUT2D eigenvalue weighted by Crippen LogP contribution is 2.25. The fraction of sp³-hybridized carbons (Fsp3) is 0.875. The highest BCUT2D eigenvalue weighted by molar-refractivity contribution is 5.70. The molecule has 0 aromatic heterocycles. The summed E-state index contributed by atoms with van der Waals surface area (Å²) in [5.41, 5.74) is 0. The van der Waals surface area contributed by atoms with Crippen molar-refractivity contribution in [2.45, 2.75) is 31.7 Å². The van der Waals surface area contributed by atoms with Crippen LogP contribution in [0.1, 0.15) is 19.3 Å². The Hall–Kier alpha value is -0.650. The van der Waals surface area contributed by atoms with Crippen molar-refractivity contribution in [3.05, 3.63) is 0 Å². The standard InChI is InChI=1S/C8H15NO4/c1-13-8(12)9-6-3-2-5(4-6)7(10)11/h5-6,8-9,12H,2-4H2,1H3,(H,10,11). The minimum atomic E-state index is -0.988. The van der Waals surface area contributed by atoms with E-state index < -0.39 is 12.4 Å². The molecule has 0 bridgehead atoms. The maximum Gasteiger partial charge on any atom is 0.306 e. The van der Waals surface area contributed by atoms with E-state index >= 15 is 0 Å². The number of aliphatic hydroxyl groups is 1. The SMILES string of the molecule is COC(O)NC1CCC(C(=O)O)C1. The Morgan fingerprint density at radius 1 is 1.62 bits per heavy atom. The molecular weight excluding hydrogens is 174 g/mol. The van der Waals surface area contributed by atoms with Crippen molar-refractivity contribution >= 4 is 5.97 Å². The Labute approximate surface area is 76.7 Å². The van der Waals surface area contributed by atoms with E-state index in [2.05, 4.69) is 10.1 Å². The molecule has 3 N–H and O–H groups in total. The van der Waals surface area contributed by atoms with Gasteiger partial charge < -0.3 is 14.9 Å². The molecule has 1 aliphatic rings. The van der Waals surface area contributed by atoms with Crippen LogP contribution in [-0.2, 0) is 9.53 Å². The molecule has 1 rings (SSSR count). The van der Waals surface area contributed by atoms with Crippen LogP contribution in [-0.4, -0.2) is 35.7 Å². The van der Waals surface area contributed by atoms with Crippen LogP contribution < -0.4 is 5.32 Å². The molecule has 0 heterocycles. The summed E-state index contributed by atoms with van der Waals surface area (Å²) in [6.07, 6.45) is 1.02. The van der Waals surface area contributed by atoms with Crippen LogP contribution in [0.2, 0.25) is 0 Å². The number of hydrogen-bond donors (Lipinski definition) is 3. The Morgan fingerprint density at radius 3 is 2.77 bits per heavy atom. The van der Waals surface area contributed by atoms with E-state index in [0.717, 1.165) is 6.42 Å². The van der Waals surface area contributed by atoms with Crippen LogP contribution in [0.3, 0.4) is 0 Å². The van der Waals surface area contributed by atoms with Gasteiger partial charge in [0.25, 0.3) is 0 Å². The zero-order valence-electron chi connectivity index (χ0n) is 7.56. The summed E-state index contributed by atoms with van der Waals surface area (Å²) in [5, 5.41) is 20.5. The lowest BCUT2D eigenvalue weighted by atomic mass is 10.1. The van der Waals surface area contributed by atoms with Gasteiger partial charge in [-0.3, -0.25) is 10.1 Å². The van der Waals surface area contributed by atoms with Crippen LogP contribution in [0.15, 0.2) is 0 Å². The van der Waals surface area contributed by atoms with Gasteiger partial charge in [0, 0.05) is 13.2 Å². The van der Waals surface area contributed by atoms with Gasteiger partial charge in [-0.05, 0) is 19.3 Å². The van der Waals surface area contributed by atoms with Crippen molar-refractivity contribution in [2.75, 3.05) is 7.11 Å². The molecule has 0 aromatic carbocycles. The Balaban J connectivity index is 2.29. The lowest BCUT2D eigenvalue weighted by molar-refractivity contribution is -0.141. The zero-order chi connectivity index (χ0) is 9.84. The monoisotopic (exact) mass is 189 g/mol. The molecule has 0 amide bonds. The second-order valence-electron chi connectivity index (χ2n) is 3.30. The maximum absolute atomic E-state index is 10.6. The van der Waals surface area contributed by atoms with Gasteiger partial charge in [0.05, 0.1) is 5.92 Å². The number of rotatable bonds is 4. The molecule has 1 fully saturated rings. The number of aliphatic carboxylic acids is 1. The fourth-order valence-corrected chi connectivity index (χ4v) is 1.63. The van der Waals surface area contributed by atoms with Gasteiger partial charge in [0.15, 0.2) is 0 Å². The van der Waals surface area contributed by atoms with Crippen molar-refractivity contribution in [2.24, 2.45) is 5.92 Å². The maximum atomic E-state index is 10.6.